The number of rotatable bonds is 3. The standard InChI is InChI=1S/C14H20N2O4/c1-16(9-14(19)4-6-20-7-5-14)13(18)11-8-10(17)2-3-12(11)15/h2-3,8,17,19H,4-7,9,15H2,1H3. The largest absolute Gasteiger partial charge is 0.508 e. The van der Waals surface area contributed by atoms with Gasteiger partial charge in [0, 0.05) is 45.3 Å². The average molecular weight is 280 g/mol. The summed E-state index contributed by atoms with van der Waals surface area (Å²) in [6.45, 7) is 1.20. The Hall–Kier alpha value is -1.79. The first-order chi connectivity index (χ1) is 9.41. The summed E-state index contributed by atoms with van der Waals surface area (Å²) in [6, 6.07) is 4.25. The van der Waals surface area contributed by atoms with Gasteiger partial charge in [0.2, 0.25) is 0 Å². The fourth-order valence-electron chi connectivity index (χ4n) is 2.36. The second kappa shape index (κ2) is 5.68. The number of likely N-dealkylation sites (N-methyl/N-ethyl adjacent to an activating group) is 1. The van der Waals surface area contributed by atoms with Crippen molar-refractivity contribution in [2.24, 2.45) is 0 Å². The number of aliphatic hydroxyl groups is 1. The molecule has 2 rings (SSSR count). The molecule has 0 atom stereocenters. The number of aromatic hydroxyl groups is 1. The van der Waals surface area contributed by atoms with Gasteiger partial charge in [0.05, 0.1) is 11.2 Å². The van der Waals surface area contributed by atoms with Crippen LogP contribution in [0, 0.1) is 0 Å². The average Bonchev–Trinajstić information content (AvgIpc) is 2.41. The van der Waals surface area contributed by atoms with Crippen LogP contribution in [-0.2, 0) is 4.74 Å². The molecule has 4 N–H and O–H groups in total. The number of hydrogen-bond donors (Lipinski definition) is 3. The molecule has 0 aromatic heterocycles. The Balaban J connectivity index is 2.10. The Labute approximate surface area is 117 Å². The number of carbonyl (C=O) groups is 1. The van der Waals surface area contributed by atoms with E-state index in [1.807, 2.05) is 0 Å². The van der Waals surface area contributed by atoms with E-state index < -0.39 is 5.60 Å². The van der Waals surface area contributed by atoms with Gasteiger partial charge >= 0.3 is 0 Å². The monoisotopic (exact) mass is 280 g/mol. The molecule has 1 aromatic rings. The Morgan fingerprint density at radius 3 is 2.75 bits per heavy atom. The number of nitrogens with two attached hydrogens (primary N) is 1. The third-order valence-corrected chi connectivity index (χ3v) is 3.57. The molecule has 1 amide bonds. The number of anilines is 1. The number of benzene rings is 1. The highest BCUT2D eigenvalue weighted by molar-refractivity contribution is 5.99. The zero-order chi connectivity index (χ0) is 14.8. The molecule has 1 saturated heterocycles. The van der Waals surface area contributed by atoms with E-state index in [4.69, 9.17) is 10.5 Å². The van der Waals surface area contributed by atoms with Crippen LogP contribution in [-0.4, -0.2) is 53.4 Å². The first kappa shape index (κ1) is 14.6. The Bertz CT molecular complexity index is 498. The van der Waals surface area contributed by atoms with Crippen LogP contribution in [0.5, 0.6) is 5.75 Å². The molecule has 0 unspecified atom stereocenters. The third kappa shape index (κ3) is 3.20. The Morgan fingerprint density at radius 1 is 1.45 bits per heavy atom. The summed E-state index contributed by atoms with van der Waals surface area (Å²) in [4.78, 5) is 13.8. The van der Waals surface area contributed by atoms with E-state index in [0.717, 1.165) is 0 Å². The van der Waals surface area contributed by atoms with Gasteiger partial charge in [-0.05, 0) is 18.2 Å². The van der Waals surface area contributed by atoms with Crippen LogP contribution >= 0.6 is 0 Å². The van der Waals surface area contributed by atoms with Crippen molar-refractivity contribution >= 4 is 11.6 Å². The number of ether oxygens (including phenoxy) is 1. The normalized spacial score (nSPS) is 17.7. The van der Waals surface area contributed by atoms with Crippen molar-refractivity contribution in [3.05, 3.63) is 23.8 Å². The highest BCUT2D eigenvalue weighted by Gasteiger charge is 2.32. The first-order valence-electron chi connectivity index (χ1n) is 6.55. The van der Waals surface area contributed by atoms with Crippen LogP contribution in [0.3, 0.4) is 0 Å². The SMILES string of the molecule is CN(CC1(O)CCOCC1)C(=O)c1cc(O)ccc1N. The van der Waals surface area contributed by atoms with Crippen molar-refractivity contribution in [1.82, 2.24) is 4.90 Å². The molecule has 0 radical (unpaired) electrons. The summed E-state index contributed by atoms with van der Waals surface area (Å²) in [6.07, 6.45) is 1.00. The van der Waals surface area contributed by atoms with E-state index in [0.29, 0.717) is 31.7 Å². The lowest BCUT2D eigenvalue weighted by molar-refractivity contribution is -0.0734. The number of carbonyl (C=O) groups excluding carboxylic acids is 1. The summed E-state index contributed by atoms with van der Waals surface area (Å²) < 4.78 is 5.21. The van der Waals surface area contributed by atoms with E-state index in [9.17, 15) is 15.0 Å². The predicted octanol–water partition coefficient (Wildman–Crippen LogP) is 0.588. The molecular weight excluding hydrogens is 260 g/mol. The summed E-state index contributed by atoms with van der Waals surface area (Å²) in [5.74, 6) is -0.334. The summed E-state index contributed by atoms with van der Waals surface area (Å²) in [5, 5.41) is 19.9. The van der Waals surface area contributed by atoms with Gasteiger partial charge in [-0.1, -0.05) is 0 Å². The minimum atomic E-state index is -0.922. The minimum Gasteiger partial charge on any atom is -0.508 e. The number of amides is 1. The second-order valence-electron chi connectivity index (χ2n) is 5.27. The lowest BCUT2D eigenvalue weighted by Gasteiger charge is -2.35. The molecular formula is C14H20N2O4. The summed E-state index contributed by atoms with van der Waals surface area (Å²) in [7, 11) is 1.61. The van der Waals surface area contributed by atoms with Crippen LogP contribution in [0.1, 0.15) is 23.2 Å². The molecule has 1 aliphatic heterocycles. The topological polar surface area (TPSA) is 96.0 Å². The maximum Gasteiger partial charge on any atom is 0.255 e. The second-order valence-corrected chi connectivity index (χ2v) is 5.27. The van der Waals surface area contributed by atoms with Gasteiger partial charge in [0.25, 0.3) is 5.91 Å². The Kier molecular flexibility index (Phi) is 4.15. The lowest BCUT2D eigenvalue weighted by Crippen LogP contribution is -2.47. The zero-order valence-corrected chi connectivity index (χ0v) is 11.5. The molecule has 1 aliphatic rings. The van der Waals surface area contributed by atoms with Crippen molar-refractivity contribution < 1.29 is 19.7 Å². The van der Waals surface area contributed by atoms with Crippen LogP contribution in [0.2, 0.25) is 0 Å². The van der Waals surface area contributed by atoms with Crippen LogP contribution < -0.4 is 5.73 Å². The molecule has 1 heterocycles. The number of hydrogen-bond acceptors (Lipinski definition) is 5. The zero-order valence-electron chi connectivity index (χ0n) is 11.5. The van der Waals surface area contributed by atoms with E-state index in [1.165, 1.54) is 23.1 Å². The van der Waals surface area contributed by atoms with Crippen molar-refractivity contribution in [3.8, 4) is 5.75 Å². The highest BCUT2D eigenvalue weighted by Crippen LogP contribution is 2.24. The number of nitrogens with zero attached hydrogens (tertiary/aromatic N) is 1. The molecule has 6 heteroatoms. The van der Waals surface area contributed by atoms with Crippen molar-refractivity contribution in [2.75, 3.05) is 32.5 Å². The highest BCUT2D eigenvalue weighted by atomic mass is 16.5. The molecule has 0 aliphatic carbocycles. The van der Waals surface area contributed by atoms with E-state index in [1.54, 1.807) is 7.05 Å². The molecule has 6 nitrogen and oxygen atoms in total. The summed E-state index contributed by atoms with van der Waals surface area (Å²) >= 11 is 0. The molecule has 1 fully saturated rings. The molecule has 110 valence electrons. The quantitative estimate of drug-likeness (QED) is 0.556. The van der Waals surface area contributed by atoms with Crippen LogP contribution in [0.4, 0.5) is 5.69 Å². The molecule has 0 bridgehead atoms. The molecule has 0 saturated carbocycles. The molecule has 20 heavy (non-hydrogen) atoms. The van der Waals surface area contributed by atoms with Gasteiger partial charge in [0.1, 0.15) is 5.75 Å². The number of nitrogen functional groups attached to an aromatic ring is 1. The number of phenolic OH excluding ortho intramolecular Hbond substituents is 1. The van der Waals surface area contributed by atoms with E-state index in [-0.39, 0.29) is 23.8 Å². The lowest BCUT2D eigenvalue weighted by atomic mass is 9.93. The van der Waals surface area contributed by atoms with Crippen molar-refractivity contribution in [3.63, 3.8) is 0 Å². The van der Waals surface area contributed by atoms with Crippen molar-refractivity contribution in [2.45, 2.75) is 18.4 Å². The van der Waals surface area contributed by atoms with Gasteiger partial charge in [-0.25, -0.2) is 0 Å². The fourth-order valence-corrected chi connectivity index (χ4v) is 2.36. The molecule has 1 aromatic carbocycles. The van der Waals surface area contributed by atoms with Crippen LogP contribution in [0.25, 0.3) is 0 Å². The number of phenols is 1. The van der Waals surface area contributed by atoms with Gasteiger partial charge < -0.3 is 25.6 Å². The maximum atomic E-state index is 12.3. The van der Waals surface area contributed by atoms with Crippen LogP contribution in [0.15, 0.2) is 18.2 Å². The fraction of sp³-hybridized carbons (Fsp3) is 0.500. The summed E-state index contributed by atoms with van der Waals surface area (Å²) in [5.41, 5.74) is 5.37. The molecule has 0 spiro atoms. The van der Waals surface area contributed by atoms with Gasteiger partial charge in [-0.3, -0.25) is 4.79 Å². The smallest absolute Gasteiger partial charge is 0.255 e. The van der Waals surface area contributed by atoms with E-state index >= 15 is 0 Å². The predicted molar refractivity (Wildman–Crippen MR) is 74.5 cm³/mol. The minimum absolute atomic E-state index is 0.0132. The van der Waals surface area contributed by atoms with Gasteiger partial charge in [-0.15, -0.1) is 0 Å². The Morgan fingerprint density at radius 2 is 2.10 bits per heavy atom. The van der Waals surface area contributed by atoms with Gasteiger partial charge in [0.15, 0.2) is 0 Å². The first-order valence-corrected chi connectivity index (χ1v) is 6.55. The van der Waals surface area contributed by atoms with Crippen molar-refractivity contribution in [1.29, 1.82) is 0 Å². The van der Waals surface area contributed by atoms with E-state index in [2.05, 4.69) is 0 Å². The maximum absolute atomic E-state index is 12.3. The van der Waals surface area contributed by atoms with Gasteiger partial charge in [-0.2, -0.15) is 0 Å². The third-order valence-electron chi connectivity index (χ3n) is 3.57.